The van der Waals surface area contributed by atoms with Crippen molar-refractivity contribution in [2.75, 3.05) is 26.2 Å². The highest BCUT2D eigenvalue weighted by atomic mass is 19.2. The van der Waals surface area contributed by atoms with Crippen LogP contribution in [0.4, 0.5) is 8.78 Å². The maximum absolute atomic E-state index is 14.0. The summed E-state index contributed by atoms with van der Waals surface area (Å²) in [5.41, 5.74) is 4.17. The number of para-hydroxylation sites is 1. The number of hydrogen-bond donors (Lipinski definition) is 0. The highest BCUT2D eigenvalue weighted by Gasteiger charge is 2.27. The van der Waals surface area contributed by atoms with E-state index in [0.717, 1.165) is 33.7 Å². The first-order chi connectivity index (χ1) is 16.9. The SMILES string of the molecule is Cc1cc(C(=O)N2CCN(C(=O)c3cccc(F)c3F)CC2)ccc1-c1cccc2cccnc12. The van der Waals surface area contributed by atoms with Crippen molar-refractivity contribution in [3.8, 4) is 11.1 Å². The van der Waals surface area contributed by atoms with Gasteiger partial charge in [0.2, 0.25) is 0 Å². The molecule has 5 nitrogen and oxygen atoms in total. The number of fused-ring (bicyclic) bond motifs is 1. The molecule has 0 aliphatic carbocycles. The van der Waals surface area contributed by atoms with Gasteiger partial charge in [0.1, 0.15) is 0 Å². The Labute approximate surface area is 201 Å². The molecule has 0 N–H and O–H groups in total. The smallest absolute Gasteiger partial charge is 0.257 e. The van der Waals surface area contributed by atoms with E-state index in [9.17, 15) is 18.4 Å². The Hall–Kier alpha value is -4.13. The second-order valence-electron chi connectivity index (χ2n) is 8.60. The highest BCUT2D eigenvalue weighted by Crippen LogP contribution is 2.30. The maximum atomic E-state index is 14.0. The van der Waals surface area contributed by atoms with Gasteiger partial charge in [0, 0.05) is 48.9 Å². The molecule has 0 saturated carbocycles. The third kappa shape index (κ3) is 4.25. The number of hydrogen-bond acceptors (Lipinski definition) is 3. The Morgan fingerprint density at radius 2 is 1.49 bits per heavy atom. The summed E-state index contributed by atoms with van der Waals surface area (Å²) in [5.74, 6) is -2.89. The minimum atomic E-state index is -1.15. The molecule has 5 rings (SSSR count). The molecule has 1 aliphatic rings. The van der Waals surface area contributed by atoms with Crippen molar-refractivity contribution >= 4 is 22.7 Å². The number of benzene rings is 3. The second-order valence-corrected chi connectivity index (χ2v) is 8.60. The van der Waals surface area contributed by atoms with Gasteiger partial charge in [-0.05, 0) is 48.4 Å². The van der Waals surface area contributed by atoms with Crippen LogP contribution < -0.4 is 0 Å². The molecule has 0 radical (unpaired) electrons. The van der Waals surface area contributed by atoms with Crippen LogP contribution in [-0.2, 0) is 0 Å². The zero-order chi connectivity index (χ0) is 24.5. The molecule has 176 valence electrons. The minimum Gasteiger partial charge on any atom is -0.335 e. The summed E-state index contributed by atoms with van der Waals surface area (Å²) in [6, 6.07) is 19.2. The van der Waals surface area contributed by atoms with E-state index >= 15 is 0 Å². The van der Waals surface area contributed by atoms with E-state index in [0.29, 0.717) is 18.7 Å². The third-order valence-electron chi connectivity index (χ3n) is 6.43. The van der Waals surface area contributed by atoms with Crippen LogP contribution in [0.25, 0.3) is 22.0 Å². The minimum absolute atomic E-state index is 0.125. The van der Waals surface area contributed by atoms with E-state index in [1.165, 1.54) is 17.0 Å². The van der Waals surface area contributed by atoms with Crippen molar-refractivity contribution in [2.45, 2.75) is 6.92 Å². The molecule has 4 aromatic rings. The average Bonchev–Trinajstić information content (AvgIpc) is 2.89. The van der Waals surface area contributed by atoms with Crippen LogP contribution in [0.5, 0.6) is 0 Å². The van der Waals surface area contributed by atoms with Gasteiger partial charge in [-0.15, -0.1) is 0 Å². The van der Waals surface area contributed by atoms with Gasteiger partial charge in [-0.3, -0.25) is 14.6 Å². The summed E-state index contributed by atoms with van der Waals surface area (Å²) in [6.45, 7) is 3.10. The number of pyridine rings is 1. The number of amides is 2. The molecule has 1 aliphatic heterocycles. The standard InChI is InChI=1S/C28H23F2N3O2/c1-18-17-20(10-11-21(18)22-7-2-5-19-6-4-12-31-26(19)22)27(34)32-13-15-33(16-14-32)28(35)23-8-3-9-24(29)25(23)30/h2-12,17H,13-16H2,1H3. The monoisotopic (exact) mass is 471 g/mol. The molecular weight excluding hydrogens is 448 g/mol. The van der Waals surface area contributed by atoms with Gasteiger partial charge in [0.05, 0.1) is 11.1 Å². The molecule has 0 spiro atoms. The molecule has 0 unspecified atom stereocenters. The Morgan fingerprint density at radius 3 is 2.23 bits per heavy atom. The molecule has 0 atom stereocenters. The van der Waals surface area contributed by atoms with Crippen molar-refractivity contribution in [2.24, 2.45) is 0 Å². The number of nitrogens with zero attached hydrogens (tertiary/aromatic N) is 3. The van der Waals surface area contributed by atoms with Crippen molar-refractivity contribution in [3.05, 3.63) is 101 Å². The lowest BCUT2D eigenvalue weighted by molar-refractivity contribution is 0.0532. The van der Waals surface area contributed by atoms with E-state index in [2.05, 4.69) is 4.98 Å². The average molecular weight is 472 g/mol. The van der Waals surface area contributed by atoms with Crippen molar-refractivity contribution in [1.82, 2.24) is 14.8 Å². The topological polar surface area (TPSA) is 53.5 Å². The predicted octanol–water partition coefficient (Wildman–Crippen LogP) is 5.09. The van der Waals surface area contributed by atoms with Crippen LogP contribution in [0.1, 0.15) is 26.3 Å². The Balaban J connectivity index is 1.30. The van der Waals surface area contributed by atoms with Crippen LogP contribution in [-0.4, -0.2) is 52.8 Å². The predicted molar refractivity (Wildman–Crippen MR) is 130 cm³/mol. The van der Waals surface area contributed by atoms with Gasteiger partial charge < -0.3 is 9.80 Å². The number of halogens is 2. The summed E-state index contributed by atoms with van der Waals surface area (Å²) in [4.78, 5) is 33.5. The third-order valence-corrected chi connectivity index (χ3v) is 6.43. The van der Waals surface area contributed by atoms with Gasteiger partial charge in [0.15, 0.2) is 11.6 Å². The number of rotatable bonds is 3. The largest absolute Gasteiger partial charge is 0.335 e. The fraction of sp³-hybridized carbons (Fsp3) is 0.179. The Morgan fingerprint density at radius 1 is 0.800 bits per heavy atom. The van der Waals surface area contributed by atoms with Crippen LogP contribution in [0.15, 0.2) is 72.9 Å². The molecule has 3 aromatic carbocycles. The molecule has 1 saturated heterocycles. The van der Waals surface area contributed by atoms with E-state index < -0.39 is 17.5 Å². The lowest BCUT2D eigenvalue weighted by Gasteiger charge is -2.35. The zero-order valence-electron chi connectivity index (χ0n) is 19.2. The molecule has 0 bridgehead atoms. The number of aromatic nitrogens is 1. The van der Waals surface area contributed by atoms with Gasteiger partial charge >= 0.3 is 0 Å². The molecule has 2 amide bonds. The van der Waals surface area contributed by atoms with Crippen LogP contribution in [0.2, 0.25) is 0 Å². The number of piperazine rings is 1. The van der Waals surface area contributed by atoms with Crippen LogP contribution >= 0.6 is 0 Å². The zero-order valence-corrected chi connectivity index (χ0v) is 19.2. The van der Waals surface area contributed by atoms with Gasteiger partial charge in [-0.25, -0.2) is 8.78 Å². The lowest BCUT2D eigenvalue weighted by atomic mass is 9.96. The van der Waals surface area contributed by atoms with Crippen molar-refractivity contribution < 1.29 is 18.4 Å². The second kappa shape index (κ2) is 9.25. The van der Waals surface area contributed by atoms with Gasteiger partial charge in [-0.2, -0.15) is 0 Å². The number of aryl methyl sites for hydroxylation is 1. The van der Waals surface area contributed by atoms with E-state index in [1.807, 2.05) is 55.5 Å². The lowest BCUT2D eigenvalue weighted by Crippen LogP contribution is -2.50. The van der Waals surface area contributed by atoms with E-state index in [4.69, 9.17) is 0 Å². The summed E-state index contributed by atoms with van der Waals surface area (Å²) < 4.78 is 27.5. The summed E-state index contributed by atoms with van der Waals surface area (Å²) >= 11 is 0. The normalized spacial score (nSPS) is 13.8. The summed E-state index contributed by atoms with van der Waals surface area (Å²) in [5, 5.41) is 1.05. The fourth-order valence-electron chi connectivity index (χ4n) is 4.55. The number of carbonyl (C=O) groups excluding carboxylic acids is 2. The quantitative estimate of drug-likeness (QED) is 0.419. The summed E-state index contributed by atoms with van der Waals surface area (Å²) in [6.07, 6.45) is 1.77. The summed E-state index contributed by atoms with van der Waals surface area (Å²) in [7, 11) is 0. The van der Waals surface area contributed by atoms with E-state index in [-0.39, 0.29) is 24.6 Å². The van der Waals surface area contributed by atoms with Crippen LogP contribution in [0.3, 0.4) is 0 Å². The molecule has 35 heavy (non-hydrogen) atoms. The van der Waals surface area contributed by atoms with Gasteiger partial charge in [0.25, 0.3) is 11.8 Å². The van der Waals surface area contributed by atoms with E-state index in [1.54, 1.807) is 11.1 Å². The fourth-order valence-corrected chi connectivity index (χ4v) is 4.55. The number of carbonyl (C=O) groups is 2. The van der Waals surface area contributed by atoms with Gasteiger partial charge in [-0.1, -0.05) is 36.4 Å². The Bertz CT molecular complexity index is 1440. The maximum Gasteiger partial charge on any atom is 0.257 e. The first-order valence-corrected chi connectivity index (χ1v) is 11.4. The molecular formula is C28H23F2N3O2. The molecule has 7 heteroatoms. The first kappa shape index (κ1) is 22.7. The first-order valence-electron chi connectivity index (χ1n) is 11.4. The molecule has 2 heterocycles. The Kier molecular flexibility index (Phi) is 5.99. The highest BCUT2D eigenvalue weighted by molar-refractivity contribution is 5.98. The molecule has 1 fully saturated rings. The molecule has 1 aromatic heterocycles. The van der Waals surface area contributed by atoms with Crippen molar-refractivity contribution in [3.63, 3.8) is 0 Å². The van der Waals surface area contributed by atoms with Crippen LogP contribution in [0, 0.1) is 18.6 Å². The van der Waals surface area contributed by atoms with Crippen molar-refractivity contribution in [1.29, 1.82) is 0 Å².